The predicted octanol–water partition coefficient (Wildman–Crippen LogP) is 4.12. The van der Waals surface area contributed by atoms with E-state index in [-0.39, 0.29) is 0 Å². The van der Waals surface area contributed by atoms with Crippen LogP contribution >= 0.6 is 11.3 Å². The van der Waals surface area contributed by atoms with Crippen LogP contribution in [0.15, 0.2) is 42.5 Å². The quantitative estimate of drug-likeness (QED) is 0.652. The summed E-state index contributed by atoms with van der Waals surface area (Å²) < 4.78 is 2.82. The van der Waals surface area contributed by atoms with Crippen molar-refractivity contribution in [2.24, 2.45) is 0 Å². The Hall–Kier alpha value is -1.38. The number of thiophene rings is 1. The van der Waals surface area contributed by atoms with Crippen molar-refractivity contribution < 1.29 is 0 Å². The van der Waals surface area contributed by atoms with Crippen molar-refractivity contribution in [3.05, 3.63) is 48.0 Å². The van der Waals surface area contributed by atoms with Gasteiger partial charge in [-0.3, -0.25) is 0 Å². The summed E-state index contributed by atoms with van der Waals surface area (Å²) in [5.74, 6) is 0. The molecule has 3 aromatic rings. The van der Waals surface area contributed by atoms with E-state index >= 15 is 0 Å². The van der Waals surface area contributed by atoms with Gasteiger partial charge in [0.15, 0.2) is 0 Å². The van der Waals surface area contributed by atoms with Gasteiger partial charge in [-0.25, -0.2) is 0 Å². The number of benzene rings is 2. The van der Waals surface area contributed by atoms with Gasteiger partial charge < -0.3 is 4.90 Å². The molecule has 0 saturated carbocycles. The van der Waals surface area contributed by atoms with Crippen LogP contribution in [0.4, 0.5) is 0 Å². The zero-order valence-corrected chi connectivity index (χ0v) is 10.9. The summed E-state index contributed by atoms with van der Waals surface area (Å²) in [5, 5.41) is 2.78. The molecule has 3 rings (SSSR count). The van der Waals surface area contributed by atoms with E-state index in [2.05, 4.69) is 61.5 Å². The second kappa shape index (κ2) is 4.13. The highest BCUT2D eigenvalue weighted by Crippen LogP contribution is 2.35. The summed E-state index contributed by atoms with van der Waals surface area (Å²) >= 11 is 1.90. The molecule has 0 aliphatic rings. The molecule has 0 radical (unpaired) electrons. The molecule has 0 atom stereocenters. The van der Waals surface area contributed by atoms with Crippen molar-refractivity contribution >= 4 is 31.5 Å². The topological polar surface area (TPSA) is 3.24 Å². The van der Waals surface area contributed by atoms with E-state index in [9.17, 15) is 0 Å². The Morgan fingerprint density at radius 2 is 1.71 bits per heavy atom. The lowest BCUT2D eigenvalue weighted by molar-refractivity contribution is 0.404. The van der Waals surface area contributed by atoms with Gasteiger partial charge >= 0.3 is 0 Å². The van der Waals surface area contributed by atoms with Gasteiger partial charge in [0, 0.05) is 26.7 Å². The van der Waals surface area contributed by atoms with Crippen LogP contribution in [-0.2, 0) is 6.54 Å². The third kappa shape index (κ3) is 1.84. The molecule has 0 aliphatic carbocycles. The fourth-order valence-electron chi connectivity index (χ4n) is 2.27. The van der Waals surface area contributed by atoms with Crippen LogP contribution in [0.25, 0.3) is 20.2 Å². The van der Waals surface area contributed by atoms with Gasteiger partial charge in [0.05, 0.1) is 0 Å². The van der Waals surface area contributed by atoms with Crippen LogP contribution in [0.5, 0.6) is 0 Å². The fourth-order valence-corrected chi connectivity index (χ4v) is 3.48. The Morgan fingerprint density at radius 3 is 2.53 bits per heavy atom. The smallest absolute Gasteiger partial charge is 0.0400 e. The van der Waals surface area contributed by atoms with E-state index in [1.807, 2.05) is 11.3 Å². The van der Waals surface area contributed by atoms with E-state index in [0.717, 1.165) is 6.54 Å². The molecule has 0 fully saturated rings. The number of nitrogens with zero attached hydrogens (tertiary/aromatic N) is 1. The van der Waals surface area contributed by atoms with Gasteiger partial charge in [0.25, 0.3) is 0 Å². The van der Waals surface area contributed by atoms with Gasteiger partial charge in [0.2, 0.25) is 0 Å². The molecule has 0 N–H and O–H groups in total. The highest BCUT2D eigenvalue weighted by Gasteiger charge is 2.08. The lowest BCUT2D eigenvalue weighted by Crippen LogP contribution is -2.10. The first-order valence-corrected chi connectivity index (χ1v) is 6.61. The molecule has 0 bridgehead atoms. The van der Waals surface area contributed by atoms with Crippen LogP contribution in [0.1, 0.15) is 5.56 Å². The fraction of sp³-hybridized carbons (Fsp3) is 0.200. The molecule has 1 heterocycles. The Bertz CT molecular complexity index is 667. The van der Waals surface area contributed by atoms with Crippen LogP contribution < -0.4 is 0 Å². The van der Waals surface area contributed by atoms with Gasteiger partial charge in [-0.1, -0.05) is 36.4 Å². The maximum Gasteiger partial charge on any atom is 0.0400 e. The van der Waals surface area contributed by atoms with Gasteiger partial charge in [-0.2, -0.15) is 0 Å². The first-order chi connectivity index (χ1) is 8.25. The first-order valence-electron chi connectivity index (χ1n) is 5.79. The van der Waals surface area contributed by atoms with Crippen molar-refractivity contribution in [1.82, 2.24) is 4.90 Å². The molecule has 86 valence electrons. The van der Waals surface area contributed by atoms with Crippen LogP contribution in [0, 0.1) is 0 Å². The highest BCUT2D eigenvalue weighted by atomic mass is 32.1. The predicted molar refractivity (Wildman–Crippen MR) is 76.7 cm³/mol. The summed E-state index contributed by atoms with van der Waals surface area (Å²) in [6.07, 6.45) is 0. The standard InChI is InChI=1S/C15H15NS/c1-16(2)10-11-6-5-8-13-12-7-3-4-9-14(12)17-15(11)13/h3-9H,10H2,1-2H3. The Kier molecular flexibility index (Phi) is 2.61. The number of hydrogen-bond acceptors (Lipinski definition) is 2. The maximum absolute atomic E-state index is 2.23. The SMILES string of the molecule is CN(C)Cc1cccc2c1sc1ccccc12. The van der Waals surface area contributed by atoms with Gasteiger partial charge in [-0.15, -0.1) is 11.3 Å². The van der Waals surface area contributed by atoms with Crippen molar-refractivity contribution in [3.63, 3.8) is 0 Å². The lowest BCUT2D eigenvalue weighted by atomic mass is 10.1. The molecule has 0 saturated heterocycles. The second-order valence-corrected chi connectivity index (χ2v) is 5.68. The minimum Gasteiger partial charge on any atom is -0.305 e. The molecular formula is C15H15NS. The van der Waals surface area contributed by atoms with Gasteiger partial charge in [-0.05, 0) is 25.7 Å². The van der Waals surface area contributed by atoms with E-state index in [0.29, 0.717) is 0 Å². The van der Waals surface area contributed by atoms with Crippen molar-refractivity contribution in [1.29, 1.82) is 0 Å². The third-order valence-electron chi connectivity index (χ3n) is 2.97. The summed E-state index contributed by atoms with van der Waals surface area (Å²) in [7, 11) is 4.23. The summed E-state index contributed by atoms with van der Waals surface area (Å²) in [6, 6.07) is 15.3. The summed E-state index contributed by atoms with van der Waals surface area (Å²) in [6.45, 7) is 1.00. The molecule has 1 aromatic heterocycles. The van der Waals surface area contributed by atoms with E-state index < -0.39 is 0 Å². The zero-order valence-electron chi connectivity index (χ0n) is 10.1. The molecule has 0 aliphatic heterocycles. The molecule has 1 nitrogen and oxygen atoms in total. The highest BCUT2D eigenvalue weighted by molar-refractivity contribution is 7.26. The van der Waals surface area contributed by atoms with E-state index in [4.69, 9.17) is 0 Å². The molecule has 0 unspecified atom stereocenters. The van der Waals surface area contributed by atoms with Crippen molar-refractivity contribution in [2.45, 2.75) is 6.54 Å². The Morgan fingerprint density at radius 1 is 0.941 bits per heavy atom. The largest absolute Gasteiger partial charge is 0.305 e. The van der Waals surface area contributed by atoms with Crippen LogP contribution in [0.3, 0.4) is 0 Å². The minimum atomic E-state index is 1.00. The summed E-state index contributed by atoms with van der Waals surface area (Å²) in [4.78, 5) is 2.22. The van der Waals surface area contributed by atoms with Gasteiger partial charge in [0.1, 0.15) is 0 Å². The van der Waals surface area contributed by atoms with Crippen LogP contribution in [-0.4, -0.2) is 19.0 Å². The maximum atomic E-state index is 2.23. The molecule has 17 heavy (non-hydrogen) atoms. The average molecular weight is 241 g/mol. The molecule has 0 spiro atoms. The minimum absolute atomic E-state index is 1.00. The Labute approximate surface area is 105 Å². The third-order valence-corrected chi connectivity index (χ3v) is 4.23. The molecule has 2 aromatic carbocycles. The first kappa shape index (κ1) is 10.8. The Balaban J connectivity index is 2.31. The number of fused-ring (bicyclic) bond motifs is 3. The van der Waals surface area contributed by atoms with Crippen LogP contribution in [0.2, 0.25) is 0 Å². The molecular weight excluding hydrogens is 226 g/mol. The monoisotopic (exact) mass is 241 g/mol. The normalized spacial score (nSPS) is 11.7. The summed E-state index contributed by atoms with van der Waals surface area (Å²) in [5.41, 5.74) is 1.42. The van der Waals surface area contributed by atoms with E-state index in [1.165, 1.54) is 25.7 Å². The lowest BCUT2D eigenvalue weighted by Gasteiger charge is -2.10. The molecule has 0 amide bonds. The second-order valence-electron chi connectivity index (χ2n) is 4.63. The van der Waals surface area contributed by atoms with Crippen molar-refractivity contribution in [3.8, 4) is 0 Å². The van der Waals surface area contributed by atoms with E-state index in [1.54, 1.807) is 0 Å². The number of rotatable bonds is 2. The zero-order chi connectivity index (χ0) is 11.8. The van der Waals surface area contributed by atoms with Crippen molar-refractivity contribution in [2.75, 3.05) is 14.1 Å². The average Bonchev–Trinajstić information content (AvgIpc) is 2.68. The molecule has 2 heteroatoms. The number of hydrogen-bond donors (Lipinski definition) is 0.